The van der Waals surface area contributed by atoms with Crippen LogP contribution in [0.25, 0.3) is 0 Å². The van der Waals surface area contributed by atoms with Crippen LogP contribution in [0.15, 0.2) is 5.38 Å². The van der Waals surface area contributed by atoms with Crippen molar-refractivity contribution in [2.24, 2.45) is 5.41 Å². The van der Waals surface area contributed by atoms with Crippen molar-refractivity contribution in [1.29, 1.82) is 0 Å². The van der Waals surface area contributed by atoms with Gasteiger partial charge in [0, 0.05) is 24.0 Å². The highest BCUT2D eigenvalue weighted by atomic mass is 32.1. The number of thiazole rings is 1. The first-order valence-electron chi connectivity index (χ1n) is 4.97. The van der Waals surface area contributed by atoms with Gasteiger partial charge in [-0.05, 0) is 19.9 Å². The van der Waals surface area contributed by atoms with Gasteiger partial charge in [-0.3, -0.25) is 4.79 Å². The quantitative estimate of drug-likeness (QED) is 0.809. The van der Waals surface area contributed by atoms with Gasteiger partial charge in [-0.2, -0.15) is 0 Å². The first-order chi connectivity index (χ1) is 7.12. The minimum absolute atomic E-state index is 0.549. The average Bonchev–Trinajstić information content (AvgIpc) is 2.77. The van der Waals surface area contributed by atoms with E-state index < -0.39 is 11.4 Å². The molecule has 0 radical (unpaired) electrons. The van der Waals surface area contributed by atoms with E-state index in [2.05, 4.69) is 10.3 Å². The Labute approximate surface area is 92.3 Å². The number of rotatable bonds is 3. The molecule has 0 aliphatic carbocycles. The monoisotopic (exact) mass is 226 g/mol. The van der Waals surface area contributed by atoms with Crippen molar-refractivity contribution in [3.05, 3.63) is 16.1 Å². The molecule has 2 N–H and O–H groups in total. The third kappa shape index (κ3) is 2.03. The van der Waals surface area contributed by atoms with E-state index in [0.29, 0.717) is 19.4 Å². The molecule has 2 rings (SSSR count). The van der Waals surface area contributed by atoms with Crippen LogP contribution in [-0.2, 0) is 11.2 Å². The molecule has 1 fully saturated rings. The first kappa shape index (κ1) is 10.6. The van der Waals surface area contributed by atoms with Crippen molar-refractivity contribution in [3.8, 4) is 0 Å². The first-order valence-corrected chi connectivity index (χ1v) is 5.85. The zero-order chi connectivity index (χ0) is 10.9. The molecule has 1 aliphatic heterocycles. The van der Waals surface area contributed by atoms with Gasteiger partial charge in [0.1, 0.15) is 0 Å². The van der Waals surface area contributed by atoms with E-state index >= 15 is 0 Å². The van der Waals surface area contributed by atoms with Gasteiger partial charge in [-0.1, -0.05) is 0 Å². The fourth-order valence-corrected chi connectivity index (χ4v) is 2.84. The standard InChI is InChI=1S/C10H14N2O2S/c1-7-5-15-8(12-7)4-10(9(13)14)2-3-11-6-10/h5,11H,2-4,6H2,1H3,(H,13,14). The molecule has 2 heterocycles. The Morgan fingerprint density at radius 2 is 2.60 bits per heavy atom. The van der Waals surface area contributed by atoms with E-state index in [9.17, 15) is 9.90 Å². The number of carboxylic acid groups (broad SMARTS) is 1. The highest BCUT2D eigenvalue weighted by Gasteiger charge is 2.42. The number of carboxylic acids is 1. The van der Waals surface area contributed by atoms with E-state index in [4.69, 9.17) is 0 Å². The smallest absolute Gasteiger partial charge is 0.311 e. The fourth-order valence-electron chi connectivity index (χ4n) is 1.93. The largest absolute Gasteiger partial charge is 0.481 e. The summed E-state index contributed by atoms with van der Waals surface area (Å²) in [4.78, 5) is 15.6. The number of aryl methyl sites for hydroxylation is 1. The molecule has 15 heavy (non-hydrogen) atoms. The lowest BCUT2D eigenvalue weighted by molar-refractivity contribution is -0.147. The van der Waals surface area contributed by atoms with Crippen molar-refractivity contribution >= 4 is 17.3 Å². The highest BCUT2D eigenvalue weighted by molar-refractivity contribution is 7.09. The minimum Gasteiger partial charge on any atom is -0.481 e. The van der Waals surface area contributed by atoms with Gasteiger partial charge in [-0.25, -0.2) is 4.98 Å². The Bertz CT molecular complexity index is 369. The maximum atomic E-state index is 11.3. The maximum absolute atomic E-state index is 11.3. The average molecular weight is 226 g/mol. The van der Waals surface area contributed by atoms with Gasteiger partial charge in [0.05, 0.1) is 10.4 Å². The molecule has 1 saturated heterocycles. The topological polar surface area (TPSA) is 62.2 Å². The number of nitrogens with zero attached hydrogens (tertiary/aromatic N) is 1. The van der Waals surface area contributed by atoms with Crippen molar-refractivity contribution < 1.29 is 9.90 Å². The van der Waals surface area contributed by atoms with Crippen LogP contribution in [0.3, 0.4) is 0 Å². The third-order valence-electron chi connectivity index (χ3n) is 2.85. The predicted octanol–water partition coefficient (Wildman–Crippen LogP) is 1.06. The van der Waals surface area contributed by atoms with Crippen molar-refractivity contribution in [2.75, 3.05) is 13.1 Å². The van der Waals surface area contributed by atoms with Gasteiger partial charge >= 0.3 is 5.97 Å². The van der Waals surface area contributed by atoms with Gasteiger partial charge in [0.25, 0.3) is 0 Å². The summed E-state index contributed by atoms with van der Waals surface area (Å²) in [6.07, 6.45) is 1.24. The lowest BCUT2D eigenvalue weighted by atomic mass is 9.84. The van der Waals surface area contributed by atoms with Gasteiger partial charge < -0.3 is 10.4 Å². The molecule has 0 bridgehead atoms. The van der Waals surface area contributed by atoms with Crippen LogP contribution in [0.2, 0.25) is 0 Å². The van der Waals surface area contributed by atoms with E-state index in [1.807, 2.05) is 12.3 Å². The van der Waals surface area contributed by atoms with Crippen molar-refractivity contribution in [3.63, 3.8) is 0 Å². The summed E-state index contributed by atoms with van der Waals surface area (Å²) in [6, 6.07) is 0. The number of carbonyl (C=O) groups is 1. The number of aliphatic carboxylic acids is 1. The molecule has 1 unspecified atom stereocenters. The predicted molar refractivity (Wildman–Crippen MR) is 58.1 cm³/mol. The van der Waals surface area contributed by atoms with Crippen LogP contribution in [0.1, 0.15) is 17.1 Å². The summed E-state index contributed by atoms with van der Waals surface area (Å²) >= 11 is 1.55. The summed E-state index contributed by atoms with van der Waals surface area (Å²) in [5.41, 5.74) is 0.339. The second-order valence-electron chi connectivity index (χ2n) is 4.07. The summed E-state index contributed by atoms with van der Waals surface area (Å²) in [6.45, 7) is 3.28. The molecule has 5 heteroatoms. The van der Waals surface area contributed by atoms with Crippen LogP contribution in [-0.4, -0.2) is 29.1 Å². The lowest BCUT2D eigenvalue weighted by Gasteiger charge is -2.21. The molecule has 1 aromatic heterocycles. The Morgan fingerprint density at radius 3 is 3.07 bits per heavy atom. The molecule has 1 aromatic rings. The van der Waals surface area contributed by atoms with Gasteiger partial charge in [0.15, 0.2) is 0 Å². The van der Waals surface area contributed by atoms with E-state index in [-0.39, 0.29) is 0 Å². The normalized spacial score (nSPS) is 25.7. The number of nitrogens with one attached hydrogen (secondary N) is 1. The highest BCUT2D eigenvalue weighted by Crippen LogP contribution is 2.31. The van der Waals surface area contributed by atoms with Crippen LogP contribution < -0.4 is 5.32 Å². The molecule has 1 atom stereocenters. The Morgan fingerprint density at radius 1 is 1.80 bits per heavy atom. The molecule has 4 nitrogen and oxygen atoms in total. The second-order valence-corrected chi connectivity index (χ2v) is 5.01. The zero-order valence-corrected chi connectivity index (χ0v) is 9.43. The van der Waals surface area contributed by atoms with Gasteiger partial charge in [-0.15, -0.1) is 11.3 Å². The molecule has 1 aliphatic rings. The number of aromatic nitrogens is 1. The molecule has 0 amide bonds. The Kier molecular flexibility index (Phi) is 2.75. The summed E-state index contributed by atoms with van der Waals surface area (Å²) in [7, 11) is 0. The zero-order valence-electron chi connectivity index (χ0n) is 8.62. The molecular weight excluding hydrogens is 212 g/mol. The Hall–Kier alpha value is -0.940. The van der Waals surface area contributed by atoms with Gasteiger partial charge in [0.2, 0.25) is 0 Å². The lowest BCUT2D eigenvalue weighted by Crippen LogP contribution is -2.35. The summed E-state index contributed by atoms with van der Waals surface area (Å²) < 4.78 is 0. The maximum Gasteiger partial charge on any atom is 0.311 e. The molecular formula is C10H14N2O2S. The van der Waals surface area contributed by atoms with E-state index in [0.717, 1.165) is 17.2 Å². The second kappa shape index (κ2) is 3.90. The molecule has 0 spiro atoms. The number of hydrogen-bond donors (Lipinski definition) is 2. The van der Waals surface area contributed by atoms with Crippen LogP contribution in [0, 0.1) is 12.3 Å². The number of hydrogen-bond acceptors (Lipinski definition) is 4. The summed E-state index contributed by atoms with van der Waals surface area (Å²) in [5, 5.41) is 15.3. The van der Waals surface area contributed by atoms with Crippen LogP contribution in [0.4, 0.5) is 0 Å². The summed E-state index contributed by atoms with van der Waals surface area (Å²) in [5.74, 6) is -0.708. The van der Waals surface area contributed by atoms with Crippen molar-refractivity contribution in [2.45, 2.75) is 19.8 Å². The van der Waals surface area contributed by atoms with Crippen LogP contribution >= 0.6 is 11.3 Å². The third-order valence-corrected chi connectivity index (χ3v) is 3.82. The molecule has 0 aromatic carbocycles. The van der Waals surface area contributed by atoms with E-state index in [1.165, 1.54) is 0 Å². The Balaban J connectivity index is 2.17. The van der Waals surface area contributed by atoms with Crippen LogP contribution in [0.5, 0.6) is 0 Å². The molecule has 0 saturated carbocycles. The molecule has 82 valence electrons. The SMILES string of the molecule is Cc1csc(CC2(C(=O)O)CCNC2)n1. The minimum atomic E-state index is -0.708. The van der Waals surface area contributed by atoms with E-state index in [1.54, 1.807) is 11.3 Å². The van der Waals surface area contributed by atoms with Crippen molar-refractivity contribution in [1.82, 2.24) is 10.3 Å². The fraction of sp³-hybridized carbons (Fsp3) is 0.600.